The third kappa shape index (κ3) is 5.31. The number of thioether (sulfide) groups is 2. The van der Waals surface area contributed by atoms with Gasteiger partial charge in [-0.2, -0.15) is 15.1 Å². The monoisotopic (exact) mass is 480 g/mol. The molecule has 2 heterocycles. The molecule has 33 heavy (non-hydrogen) atoms. The van der Waals surface area contributed by atoms with Crippen LogP contribution in [0.25, 0.3) is 6.08 Å². The van der Waals surface area contributed by atoms with Crippen LogP contribution >= 0.6 is 23.5 Å². The van der Waals surface area contributed by atoms with E-state index in [1.165, 1.54) is 27.2 Å². The van der Waals surface area contributed by atoms with E-state index in [-0.39, 0.29) is 11.4 Å². The van der Waals surface area contributed by atoms with Gasteiger partial charge in [0, 0.05) is 10.6 Å². The van der Waals surface area contributed by atoms with Gasteiger partial charge < -0.3 is 9.47 Å². The molecule has 4 rings (SSSR count). The van der Waals surface area contributed by atoms with E-state index in [9.17, 15) is 4.79 Å². The number of fused-ring (bicyclic) bond motifs is 1. The van der Waals surface area contributed by atoms with Crippen LogP contribution in [0.4, 0.5) is 0 Å². The Morgan fingerprint density at radius 1 is 1.18 bits per heavy atom. The van der Waals surface area contributed by atoms with Gasteiger partial charge in [-0.05, 0) is 61.0 Å². The lowest BCUT2D eigenvalue weighted by atomic mass is 10.1. The molecule has 0 saturated carbocycles. The quantitative estimate of drug-likeness (QED) is 0.317. The topological polar surface area (TPSA) is 87.3 Å². The number of ether oxygens (including phenoxy) is 2. The highest BCUT2D eigenvalue weighted by Crippen LogP contribution is 2.32. The van der Waals surface area contributed by atoms with Gasteiger partial charge in [0.15, 0.2) is 17.3 Å². The van der Waals surface area contributed by atoms with Crippen molar-refractivity contribution in [2.24, 2.45) is 10.1 Å². The SMILES string of the molecule is CCC1=NN2C(=N)/C(=C\c3ccc(OCCSc4ccc(C)cc4)c(OC)c3)C(=O)N=C2S1. The Labute approximate surface area is 201 Å². The molecule has 2 aliphatic heterocycles. The van der Waals surface area contributed by atoms with Gasteiger partial charge in [-0.1, -0.05) is 30.7 Å². The Kier molecular flexibility index (Phi) is 7.20. The van der Waals surface area contributed by atoms with Gasteiger partial charge in [-0.3, -0.25) is 10.2 Å². The van der Waals surface area contributed by atoms with Gasteiger partial charge in [0.1, 0.15) is 5.04 Å². The van der Waals surface area contributed by atoms with Gasteiger partial charge in [-0.25, -0.2) is 0 Å². The summed E-state index contributed by atoms with van der Waals surface area (Å²) in [5, 5.41) is 15.5. The molecule has 2 aromatic carbocycles. The molecule has 1 amide bonds. The Morgan fingerprint density at radius 3 is 2.70 bits per heavy atom. The van der Waals surface area contributed by atoms with Gasteiger partial charge in [0.05, 0.1) is 19.3 Å². The minimum absolute atomic E-state index is 0.0216. The van der Waals surface area contributed by atoms with Crippen LogP contribution in [0.3, 0.4) is 0 Å². The van der Waals surface area contributed by atoms with Crippen LogP contribution < -0.4 is 9.47 Å². The number of nitrogens with zero attached hydrogens (tertiary/aromatic N) is 3. The number of amidine groups is 2. The highest BCUT2D eigenvalue weighted by molar-refractivity contribution is 8.26. The standard InChI is InChI=1S/C24H24N4O3S2/c1-4-21-27-28-22(25)18(23(29)26-24(28)33-21)13-16-7-10-19(20(14-16)30-3)31-11-12-32-17-8-5-15(2)6-9-17/h5-10,13-14,25H,4,11-12H2,1-3H3/b18-13+,25-22?. The van der Waals surface area contributed by atoms with E-state index in [1.54, 1.807) is 31.0 Å². The molecule has 0 atom stereocenters. The molecule has 0 spiro atoms. The summed E-state index contributed by atoms with van der Waals surface area (Å²) >= 11 is 3.06. The third-order valence-corrected chi connectivity index (χ3v) is 6.96. The average molecular weight is 481 g/mol. The molecular formula is C24H24N4O3S2. The fraction of sp³-hybridized carbons (Fsp3) is 0.250. The summed E-state index contributed by atoms with van der Waals surface area (Å²) < 4.78 is 11.4. The first-order chi connectivity index (χ1) is 16.0. The highest BCUT2D eigenvalue weighted by atomic mass is 32.2. The number of hydrogen-bond acceptors (Lipinski definition) is 7. The second-order valence-electron chi connectivity index (χ2n) is 7.29. The van der Waals surface area contributed by atoms with E-state index in [0.29, 0.717) is 28.8 Å². The average Bonchev–Trinajstić information content (AvgIpc) is 3.24. The van der Waals surface area contributed by atoms with Gasteiger partial charge in [0.25, 0.3) is 5.91 Å². The molecule has 7 nitrogen and oxygen atoms in total. The number of methoxy groups -OCH3 is 1. The lowest BCUT2D eigenvalue weighted by molar-refractivity contribution is -0.114. The summed E-state index contributed by atoms with van der Waals surface area (Å²) in [5.41, 5.74) is 2.14. The molecule has 0 aromatic heterocycles. The maximum atomic E-state index is 12.5. The van der Waals surface area contributed by atoms with Gasteiger partial charge >= 0.3 is 0 Å². The van der Waals surface area contributed by atoms with Gasteiger partial charge in [0.2, 0.25) is 5.17 Å². The molecule has 0 bridgehead atoms. The van der Waals surface area contributed by atoms with Crippen molar-refractivity contribution in [2.45, 2.75) is 25.2 Å². The van der Waals surface area contributed by atoms with Gasteiger partial charge in [-0.15, -0.1) is 11.8 Å². The van der Waals surface area contributed by atoms with Crippen LogP contribution in [0.15, 0.2) is 63.0 Å². The number of aryl methyl sites for hydroxylation is 1. The second kappa shape index (κ2) is 10.3. The largest absolute Gasteiger partial charge is 0.493 e. The molecule has 170 valence electrons. The van der Waals surface area contributed by atoms with E-state index < -0.39 is 5.91 Å². The minimum Gasteiger partial charge on any atom is -0.493 e. The number of hydrogen-bond donors (Lipinski definition) is 1. The van der Waals surface area contributed by atoms with Crippen LogP contribution in [0.1, 0.15) is 24.5 Å². The van der Waals surface area contributed by atoms with Crippen molar-refractivity contribution in [3.05, 3.63) is 59.2 Å². The molecule has 0 saturated heterocycles. The van der Waals surface area contributed by atoms with Crippen LogP contribution in [-0.4, -0.2) is 46.4 Å². The predicted molar refractivity (Wildman–Crippen MR) is 136 cm³/mol. The zero-order valence-corrected chi connectivity index (χ0v) is 20.3. The number of hydrazone groups is 1. The van der Waals surface area contributed by atoms with Crippen molar-refractivity contribution < 1.29 is 14.3 Å². The highest BCUT2D eigenvalue weighted by Gasteiger charge is 2.35. The first kappa shape index (κ1) is 23.1. The first-order valence-electron chi connectivity index (χ1n) is 10.5. The summed E-state index contributed by atoms with van der Waals surface area (Å²) in [5.74, 6) is 1.57. The molecule has 0 radical (unpaired) electrons. The lowest BCUT2D eigenvalue weighted by Gasteiger charge is -2.20. The van der Waals surface area contributed by atoms with E-state index in [2.05, 4.69) is 41.3 Å². The minimum atomic E-state index is -0.446. The second-order valence-corrected chi connectivity index (χ2v) is 9.50. The zero-order valence-electron chi connectivity index (χ0n) is 18.6. The van der Waals surface area contributed by atoms with Crippen molar-refractivity contribution in [3.8, 4) is 11.5 Å². The maximum absolute atomic E-state index is 12.5. The number of carbonyl (C=O) groups excluding carboxylic acids is 1. The third-order valence-electron chi connectivity index (χ3n) is 4.93. The van der Waals surface area contributed by atoms with E-state index in [1.807, 2.05) is 19.1 Å². The van der Waals surface area contributed by atoms with Crippen molar-refractivity contribution >= 4 is 51.6 Å². The molecule has 9 heteroatoms. The summed E-state index contributed by atoms with van der Waals surface area (Å²) in [6.45, 7) is 4.58. The molecular weight excluding hydrogens is 456 g/mol. The molecule has 2 aromatic rings. The van der Waals surface area contributed by atoms with Crippen molar-refractivity contribution in [2.75, 3.05) is 19.5 Å². The summed E-state index contributed by atoms with van der Waals surface area (Å²) in [7, 11) is 1.58. The Bertz CT molecular complexity index is 1170. The Balaban J connectivity index is 1.43. The molecule has 0 unspecified atom stereocenters. The number of nitrogens with one attached hydrogen (secondary N) is 1. The smallest absolute Gasteiger partial charge is 0.283 e. The van der Waals surface area contributed by atoms with Crippen LogP contribution in [0, 0.1) is 12.3 Å². The molecule has 0 aliphatic carbocycles. The number of rotatable bonds is 8. The van der Waals surface area contributed by atoms with E-state index in [0.717, 1.165) is 17.2 Å². The van der Waals surface area contributed by atoms with Crippen molar-refractivity contribution in [1.29, 1.82) is 5.41 Å². The summed E-state index contributed by atoms with van der Waals surface area (Å²) in [4.78, 5) is 17.8. The number of aliphatic imine (C=N–C) groups is 1. The maximum Gasteiger partial charge on any atom is 0.283 e. The predicted octanol–water partition coefficient (Wildman–Crippen LogP) is 5.20. The fourth-order valence-corrected chi connectivity index (χ4v) is 4.74. The van der Waals surface area contributed by atoms with E-state index in [4.69, 9.17) is 14.9 Å². The van der Waals surface area contributed by atoms with Crippen LogP contribution in [0.2, 0.25) is 0 Å². The number of amides is 1. The first-order valence-corrected chi connectivity index (χ1v) is 12.3. The zero-order chi connectivity index (χ0) is 23.4. The summed E-state index contributed by atoms with van der Waals surface area (Å²) in [6, 6.07) is 13.8. The van der Waals surface area contributed by atoms with Crippen molar-refractivity contribution in [1.82, 2.24) is 5.01 Å². The Hall–Kier alpha value is -3.04. The number of benzene rings is 2. The molecule has 2 aliphatic rings. The van der Waals surface area contributed by atoms with Crippen molar-refractivity contribution in [3.63, 3.8) is 0 Å². The Morgan fingerprint density at radius 2 is 1.97 bits per heavy atom. The van der Waals surface area contributed by atoms with E-state index >= 15 is 0 Å². The summed E-state index contributed by atoms with van der Waals surface area (Å²) in [6.07, 6.45) is 2.36. The van der Waals surface area contributed by atoms with Crippen LogP contribution in [0.5, 0.6) is 11.5 Å². The number of carbonyl (C=O) groups is 1. The normalized spacial score (nSPS) is 16.6. The van der Waals surface area contributed by atoms with Crippen LogP contribution in [-0.2, 0) is 4.79 Å². The fourth-order valence-electron chi connectivity index (χ4n) is 3.18. The molecule has 1 N–H and O–H groups in total. The lowest BCUT2D eigenvalue weighted by Crippen LogP contribution is -2.35. The molecule has 0 fully saturated rings.